The van der Waals surface area contributed by atoms with E-state index < -0.39 is 6.04 Å². The summed E-state index contributed by atoms with van der Waals surface area (Å²) in [7, 11) is 0. The van der Waals surface area contributed by atoms with Crippen LogP contribution in [0.25, 0.3) is 0 Å². The fraction of sp³-hybridized carbons (Fsp3) is 0.0714. The first kappa shape index (κ1) is 11.9. The van der Waals surface area contributed by atoms with E-state index in [0.29, 0.717) is 10.7 Å². The number of anilines is 1. The van der Waals surface area contributed by atoms with Crippen LogP contribution in [0.3, 0.4) is 0 Å². The number of benzene rings is 2. The van der Waals surface area contributed by atoms with Gasteiger partial charge in [0.15, 0.2) is 6.04 Å². The van der Waals surface area contributed by atoms with Crippen molar-refractivity contribution >= 4 is 28.9 Å². The lowest BCUT2D eigenvalue weighted by Gasteiger charge is -2.00. The first-order chi connectivity index (χ1) is 9.24. The summed E-state index contributed by atoms with van der Waals surface area (Å²) in [5, 5.41) is 11.6. The van der Waals surface area contributed by atoms with Gasteiger partial charge in [-0.2, -0.15) is 10.2 Å². The zero-order chi connectivity index (χ0) is 13.2. The number of carbonyl (C=O) groups is 1. The smallest absolute Gasteiger partial charge is 0.255 e. The molecule has 0 aromatic heterocycles. The number of amides is 1. The second-order valence-corrected chi connectivity index (χ2v) is 4.61. The third-order valence-electron chi connectivity index (χ3n) is 2.88. The lowest BCUT2D eigenvalue weighted by atomic mass is 10.1. The standard InChI is InChI=1S/C14H10ClN3O/c15-9-5-7-10(8-6-9)17-18-13-11-3-1-2-4-12(11)16-14(13)19/h1-8,13H,(H,16,19). The normalized spacial score (nSPS) is 17.5. The maximum Gasteiger partial charge on any atom is 0.255 e. The number of azo groups is 1. The molecule has 19 heavy (non-hydrogen) atoms. The van der Waals surface area contributed by atoms with Crippen LogP contribution in [0.15, 0.2) is 58.8 Å². The topological polar surface area (TPSA) is 53.8 Å². The van der Waals surface area contributed by atoms with Gasteiger partial charge < -0.3 is 5.32 Å². The number of rotatable bonds is 2. The van der Waals surface area contributed by atoms with Crippen molar-refractivity contribution in [2.75, 3.05) is 5.32 Å². The Hall–Kier alpha value is -2.20. The molecule has 1 aliphatic rings. The van der Waals surface area contributed by atoms with Crippen molar-refractivity contribution in [2.24, 2.45) is 10.2 Å². The molecule has 1 heterocycles. The van der Waals surface area contributed by atoms with Gasteiger partial charge in [-0.3, -0.25) is 4.79 Å². The van der Waals surface area contributed by atoms with Crippen LogP contribution in [0.1, 0.15) is 11.6 Å². The Balaban J connectivity index is 1.87. The molecule has 2 aromatic carbocycles. The molecule has 1 aliphatic heterocycles. The molecule has 3 rings (SSSR count). The maximum absolute atomic E-state index is 11.8. The number of nitrogens with zero attached hydrogens (tertiary/aromatic N) is 2. The van der Waals surface area contributed by atoms with Crippen molar-refractivity contribution in [3.05, 3.63) is 59.1 Å². The van der Waals surface area contributed by atoms with Gasteiger partial charge in [-0.05, 0) is 30.3 Å². The van der Waals surface area contributed by atoms with Gasteiger partial charge in [0.05, 0.1) is 5.69 Å². The lowest BCUT2D eigenvalue weighted by molar-refractivity contribution is -0.116. The molecule has 0 bridgehead atoms. The number of carbonyl (C=O) groups excluding carboxylic acids is 1. The fourth-order valence-electron chi connectivity index (χ4n) is 1.94. The summed E-state index contributed by atoms with van der Waals surface area (Å²) in [5.74, 6) is -0.154. The minimum Gasteiger partial charge on any atom is -0.324 e. The quantitative estimate of drug-likeness (QED) is 0.821. The summed E-state index contributed by atoms with van der Waals surface area (Å²) in [6.07, 6.45) is 0. The van der Waals surface area contributed by atoms with Gasteiger partial charge in [-0.15, -0.1) is 0 Å². The third-order valence-corrected chi connectivity index (χ3v) is 3.13. The largest absolute Gasteiger partial charge is 0.324 e. The number of hydrogen-bond donors (Lipinski definition) is 1. The van der Waals surface area contributed by atoms with Crippen LogP contribution in [0.5, 0.6) is 0 Å². The number of para-hydroxylation sites is 1. The van der Waals surface area contributed by atoms with E-state index in [-0.39, 0.29) is 5.91 Å². The third kappa shape index (κ3) is 2.35. The van der Waals surface area contributed by atoms with E-state index in [1.54, 1.807) is 24.3 Å². The van der Waals surface area contributed by atoms with Gasteiger partial charge in [0.2, 0.25) is 0 Å². The van der Waals surface area contributed by atoms with Gasteiger partial charge in [0.1, 0.15) is 0 Å². The van der Waals surface area contributed by atoms with E-state index >= 15 is 0 Å². The van der Waals surface area contributed by atoms with E-state index in [1.165, 1.54) is 0 Å². The van der Waals surface area contributed by atoms with E-state index in [9.17, 15) is 4.79 Å². The van der Waals surface area contributed by atoms with Gasteiger partial charge in [-0.25, -0.2) is 0 Å². The Morgan fingerprint density at radius 1 is 1.05 bits per heavy atom. The summed E-state index contributed by atoms with van der Waals surface area (Å²) in [6, 6.07) is 13.9. The monoisotopic (exact) mass is 271 g/mol. The van der Waals surface area contributed by atoms with Gasteiger partial charge >= 0.3 is 0 Å². The van der Waals surface area contributed by atoms with Crippen LogP contribution < -0.4 is 5.32 Å². The van der Waals surface area contributed by atoms with Crippen LogP contribution in [-0.4, -0.2) is 5.91 Å². The molecule has 0 saturated carbocycles. The van der Waals surface area contributed by atoms with E-state index in [2.05, 4.69) is 15.5 Å². The molecule has 0 spiro atoms. The molecule has 94 valence electrons. The minimum absolute atomic E-state index is 0.154. The molecular weight excluding hydrogens is 262 g/mol. The first-order valence-corrected chi connectivity index (χ1v) is 6.18. The van der Waals surface area contributed by atoms with Crippen LogP contribution >= 0.6 is 11.6 Å². The molecule has 5 heteroatoms. The minimum atomic E-state index is -0.577. The van der Waals surface area contributed by atoms with Crippen molar-refractivity contribution in [2.45, 2.75) is 6.04 Å². The Kier molecular flexibility index (Phi) is 3.01. The molecule has 0 fully saturated rings. The molecule has 0 aliphatic carbocycles. The van der Waals surface area contributed by atoms with Crippen LogP contribution in [0.2, 0.25) is 5.02 Å². The number of hydrogen-bond acceptors (Lipinski definition) is 3. The fourth-order valence-corrected chi connectivity index (χ4v) is 2.06. The number of halogens is 1. The molecule has 0 radical (unpaired) electrons. The molecule has 1 unspecified atom stereocenters. The Bertz CT molecular complexity index is 652. The molecule has 1 atom stereocenters. The average Bonchev–Trinajstić information content (AvgIpc) is 2.74. The predicted molar refractivity (Wildman–Crippen MR) is 73.8 cm³/mol. The van der Waals surface area contributed by atoms with E-state index in [1.807, 2.05) is 24.3 Å². The summed E-state index contributed by atoms with van der Waals surface area (Å²) in [6.45, 7) is 0. The molecule has 0 saturated heterocycles. The van der Waals surface area contributed by atoms with Crippen LogP contribution in [0, 0.1) is 0 Å². The highest BCUT2D eigenvalue weighted by Gasteiger charge is 2.29. The molecule has 4 nitrogen and oxygen atoms in total. The molecule has 2 aromatic rings. The van der Waals surface area contributed by atoms with Crippen molar-refractivity contribution in [3.8, 4) is 0 Å². The van der Waals surface area contributed by atoms with Gasteiger partial charge in [0.25, 0.3) is 5.91 Å². The molecule has 1 amide bonds. The summed E-state index contributed by atoms with van der Waals surface area (Å²) >= 11 is 5.79. The van der Waals surface area contributed by atoms with Crippen LogP contribution in [-0.2, 0) is 4.79 Å². The number of nitrogens with one attached hydrogen (secondary N) is 1. The molecular formula is C14H10ClN3O. The van der Waals surface area contributed by atoms with Crippen LogP contribution in [0.4, 0.5) is 11.4 Å². The van der Waals surface area contributed by atoms with E-state index in [0.717, 1.165) is 11.3 Å². The van der Waals surface area contributed by atoms with Gasteiger partial charge in [0, 0.05) is 16.3 Å². The Labute approximate surface area is 115 Å². The van der Waals surface area contributed by atoms with Gasteiger partial charge in [-0.1, -0.05) is 29.8 Å². The highest BCUT2D eigenvalue weighted by Crippen LogP contribution is 2.33. The predicted octanol–water partition coefficient (Wildman–Crippen LogP) is 4.12. The van der Waals surface area contributed by atoms with Crippen molar-refractivity contribution in [3.63, 3.8) is 0 Å². The Morgan fingerprint density at radius 2 is 1.79 bits per heavy atom. The molecule has 1 N–H and O–H groups in total. The zero-order valence-corrected chi connectivity index (χ0v) is 10.6. The van der Waals surface area contributed by atoms with Crippen molar-refractivity contribution in [1.29, 1.82) is 0 Å². The highest BCUT2D eigenvalue weighted by atomic mass is 35.5. The second-order valence-electron chi connectivity index (χ2n) is 4.17. The summed E-state index contributed by atoms with van der Waals surface area (Å²) in [4.78, 5) is 11.8. The first-order valence-electron chi connectivity index (χ1n) is 5.80. The summed E-state index contributed by atoms with van der Waals surface area (Å²) < 4.78 is 0. The van der Waals surface area contributed by atoms with E-state index in [4.69, 9.17) is 11.6 Å². The average molecular weight is 272 g/mol. The zero-order valence-electron chi connectivity index (χ0n) is 9.88. The van der Waals surface area contributed by atoms with Crippen molar-refractivity contribution in [1.82, 2.24) is 0 Å². The van der Waals surface area contributed by atoms with Crippen molar-refractivity contribution < 1.29 is 4.79 Å². The summed E-state index contributed by atoms with van der Waals surface area (Å²) in [5.41, 5.74) is 2.32. The Morgan fingerprint density at radius 3 is 2.58 bits per heavy atom. The SMILES string of the molecule is O=C1Nc2ccccc2C1N=Nc1ccc(Cl)cc1. The highest BCUT2D eigenvalue weighted by molar-refractivity contribution is 6.30. The second kappa shape index (κ2) is 4.82. The number of fused-ring (bicyclic) bond motifs is 1. The maximum atomic E-state index is 11.8. The lowest BCUT2D eigenvalue weighted by Crippen LogP contribution is -2.09.